The topological polar surface area (TPSA) is 48.5 Å². The fourth-order valence-corrected chi connectivity index (χ4v) is 7.22. The summed E-state index contributed by atoms with van der Waals surface area (Å²) in [7, 11) is 0. The third kappa shape index (κ3) is 3.48. The van der Waals surface area contributed by atoms with Crippen LogP contribution in [0, 0.1) is 0 Å². The van der Waals surface area contributed by atoms with E-state index in [2.05, 4.69) is 161 Å². The van der Waals surface area contributed by atoms with Gasteiger partial charge in [-0.1, -0.05) is 109 Å². The molecule has 0 spiro atoms. The van der Waals surface area contributed by atoms with E-state index in [9.17, 15) is 0 Å². The number of hydrogen-bond acceptors (Lipinski definition) is 3. The van der Waals surface area contributed by atoms with Crippen molar-refractivity contribution in [2.75, 3.05) is 0 Å². The van der Waals surface area contributed by atoms with Gasteiger partial charge in [0.05, 0.1) is 22.1 Å². The molecule has 5 nitrogen and oxygen atoms in total. The minimum absolute atomic E-state index is 0.609. The summed E-state index contributed by atoms with van der Waals surface area (Å²) in [5.74, 6) is 0.609. The van der Waals surface area contributed by atoms with Crippen LogP contribution in [0.5, 0.6) is 0 Å². The molecule has 0 saturated heterocycles. The molecule has 0 aliphatic carbocycles. The second-order valence-electron chi connectivity index (χ2n) is 11.7. The highest BCUT2D eigenvalue weighted by atomic mass is 15.2. The lowest BCUT2D eigenvalue weighted by Gasteiger charge is -2.12. The second kappa shape index (κ2) is 9.58. The van der Waals surface area contributed by atoms with Crippen molar-refractivity contribution in [1.82, 2.24) is 24.3 Å². The van der Waals surface area contributed by atoms with Crippen molar-refractivity contribution in [1.29, 1.82) is 0 Å². The molecule has 0 saturated carbocycles. The Balaban J connectivity index is 1.46. The highest BCUT2D eigenvalue weighted by Gasteiger charge is 2.26. The molecule has 3 aromatic heterocycles. The van der Waals surface area contributed by atoms with Gasteiger partial charge in [-0.15, -0.1) is 10.2 Å². The summed E-state index contributed by atoms with van der Waals surface area (Å²) in [5.41, 5.74) is 9.08. The van der Waals surface area contributed by atoms with Gasteiger partial charge in [-0.3, -0.25) is 0 Å². The summed E-state index contributed by atoms with van der Waals surface area (Å²) in [5, 5.41) is 16.7. The molecule has 0 fully saturated rings. The second-order valence-corrected chi connectivity index (χ2v) is 11.7. The molecule has 214 valence electrons. The Bertz CT molecular complexity index is 2790. The molecule has 0 unspecified atom stereocenters. The molecule has 0 radical (unpaired) electrons. The molecule has 7 aromatic carbocycles. The fraction of sp³-hybridized carbons (Fsp3) is 0. The number of hydrogen-bond donors (Lipinski definition) is 0. The minimum atomic E-state index is 0.609. The maximum absolute atomic E-state index is 5.39. The average Bonchev–Trinajstić information content (AvgIpc) is 3.66. The first-order valence-electron chi connectivity index (χ1n) is 15.5. The summed E-state index contributed by atoms with van der Waals surface area (Å²) in [6.07, 6.45) is 0. The van der Waals surface area contributed by atoms with Crippen LogP contribution in [0.4, 0.5) is 0 Å². The largest absolute Gasteiger partial charge is 0.308 e. The van der Waals surface area contributed by atoms with Crippen molar-refractivity contribution in [3.63, 3.8) is 0 Å². The van der Waals surface area contributed by atoms with E-state index in [1.165, 1.54) is 5.39 Å². The summed E-state index contributed by atoms with van der Waals surface area (Å²) in [6.45, 7) is 0. The quantitative estimate of drug-likeness (QED) is 0.207. The SMILES string of the molecule is c1ccc(-n2c3ccccc3c3c2c2nnc(-c4ccc5ccccc5c4)nc2c2c4ccccc4n(-c4ccccc4)c23)cc1. The van der Waals surface area contributed by atoms with Crippen LogP contribution in [-0.2, 0) is 0 Å². The molecule has 46 heavy (non-hydrogen) atoms. The average molecular weight is 588 g/mol. The normalized spacial score (nSPS) is 11.9. The van der Waals surface area contributed by atoms with Crippen LogP contribution < -0.4 is 0 Å². The first-order chi connectivity index (χ1) is 22.8. The molecule has 5 heteroatoms. The van der Waals surface area contributed by atoms with Crippen molar-refractivity contribution in [3.05, 3.63) is 152 Å². The molecule has 0 aliphatic heterocycles. The van der Waals surface area contributed by atoms with E-state index >= 15 is 0 Å². The number of fused-ring (bicyclic) bond motifs is 11. The van der Waals surface area contributed by atoms with E-state index in [0.29, 0.717) is 5.82 Å². The van der Waals surface area contributed by atoms with Gasteiger partial charge in [0.15, 0.2) is 5.82 Å². The van der Waals surface area contributed by atoms with Gasteiger partial charge in [0.25, 0.3) is 0 Å². The van der Waals surface area contributed by atoms with E-state index < -0.39 is 0 Å². The van der Waals surface area contributed by atoms with Crippen molar-refractivity contribution in [3.8, 4) is 22.8 Å². The summed E-state index contributed by atoms with van der Waals surface area (Å²) in [6, 6.07) is 53.2. The predicted octanol–water partition coefficient (Wildman–Crippen LogP) is 10.0. The van der Waals surface area contributed by atoms with E-state index in [1.807, 2.05) is 0 Å². The standard InChI is InChI=1S/C41H25N5/c1-3-15-29(16-4-1)45-33-21-11-9-19-31(33)35-37-38(43-44-41(42-37)28-24-23-26-13-7-8-14-27(26)25-28)40-36(39(35)45)32-20-10-12-22-34(32)46(40)30-17-5-2-6-18-30/h1-25H. The van der Waals surface area contributed by atoms with Gasteiger partial charge in [0.1, 0.15) is 11.0 Å². The van der Waals surface area contributed by atoms with Gasteiger partial charge in [-0.05, 0) is 53.2 Å². The maximum Gasteiger partial charge on any atom is 0.182 e. The lowest BCUT2D eigenvalue weighted by molar-refractivity contribution is 1.03. The van der Waals surface area contributed by atoms with Gasteiger partial charge in [-0.25, -0.2) is 4.98 Å². The molecule has 10 aromatic rings. The predicted molar refractivity (Wildman–Crippen MR) is 189 cm³/mol. The van der Waals surface area contributed by atoms with E-state index in [1.54, 1.807) is 0 Å². The molecular weight excluding hydrogens is 562 g/mol. The molecule has 0 N–H and O–H groups in total. The zero-order valence-electron chi connectivity index (χ0n) is 24.7. The molecular formula is C41H25N5. The van der Waals surface area contributed by atoms with Gasteiger partial charge >= 0.3 is 0 Å². The maximum atomic E-state index is 5.39. The van der Waals surface area contributed by atoms with E-state index in [-0.39, 0.29) is 0 Å². The zero-order chi connectivity index (χ0) is 30.2. The summed E-state index contributed by atoms with van der Waals surface area (Å²) < 4.78 is 4.72. The Morgan fingerprint density at radius 1 is 0.413 bits per heavy atom. The minimum Gasteiger partial charge on any atom is -0.308 e. The Morgan fingerprint density at radius 2 is 0.978 bits per heavy atom. The number of benzene rings is 7. The molecule has 0 amide bonds. The number of aromatic nitrogens is 5. The number of rotatable bonds is 3. The van der Waals surface area contributed by atoms with Crippen LogP contribution in [0.25, 0.3) is 88.2 Å². The van der Waals surface area contributed by atoms with Crippen molar-refractivity contribution >= 4 is 65.4 Å². The van der Waals surface area contributed by atoms with E-state index in [0.717, 1.165) is 77.0 Å². The van der Waals surface area contributed by atoms with Crippen LogP contribution >= 0.6 is 0 Å². The van der Waals surface area contributed by atoms with Gasteiger partial charge in [-0.2, -0.15) is 0 Å². The first-order valence-corrected chi connectivity index (χ1v) is 15.5. The monoisotopic (exact) mass is 587 g/mol. The molecule has 0 aliphatic rings. The fourth-order valence-electron chi connectivity index (χ4n) is 7.22. The van der Waals surface area contributed by atoms with Crippen molar-refractivity contribution in [2.45, 2.75) is 0 Å². The Labute approximate surface area is 263 Å². The highest BCUT2D eigenvalue weighted by molar-refractivity contribution is 6.35. The Kier molecular flexibility index (Phi) is 5.22. The number of nitrogens with zero attached hydrogens (tertiary/aromatic N) is 5. The third-order valence-corrected chi connectivity index (χ3v) is 9.17. The third-order valence-electron chi connectivity index (χ3n) is 9.17. The Morgan fingerprint density at radius 3 is 1.67 bits per heavy atom. The molecule has 3 heterocycles. The van der Waals surface area contributed by atoms with Gasteiger partial charge in [0.2, 0.25) is 0 Å². The van der Waals surface area contributed by atoms with Crippen LogP contribution in [0.3, 0.4) is 0 Å². The zero-order valence-corrected chi connectivity index (χ0v) is 24.7. The molecule has 10 rings (SSSR count). The lowest BCUT2D eigenvalue weighted by Crippen LogP contribution is -2.00. The summed E-state index contributed by atoms with van der Waals surface area (Å²) >= 11 is 0. The van der Waals surface area contributed by atoms with Crippen molar-refractivity contribution in [2.24, 2.45) is 0 Å². The summed E-state index contributed by atoms with van der Waals surface area (Å²) in [4.78, 5) is 5.39. The lowest BCUT2D eigenvalue weighted by atomic mass is 10.0. The Hall–Kier alpha value is -6.33. The highest BCUT2D eigenvalue weighted by Crippen LogP contribution is 2.45. The van der Waals surface area contributed by atoms with Crippen LogP contribution in [-0.4, -0.2) is 24.3 Å². The van der Waals surface area contributed by atoms with E-state index in [4.69, 9.17) is 15.2 Å². The molecule has 0 atom stereocenters. The van der Waals surface area contributed by atoms with Gasteiger partial charge in [0, 0.05) is 38.5 Å². The van der Waals surface area contributed by atoms with Crippen LogP contribution in [0.2, 0.25) is 0 Å². The van der Waals surface area contributed by atoms with Crippen LogP contribution in [0.1, 0.15) is 0 Å². The van der Waals surface area contributed by atoms with Gasteiger partial charge < -0.3 is 9.13 Å². The smallest absolute Gasteiger partial charge is 0.182 e. The first kappa shape index (κ1) is 25.0. The molecule has 0 bridgehead atoms. The number of para-hydroxylation sites is 4. The van der Waals surface area contributed by atoms with Crippen LogP contribution in [0.15, 0.2) is 152 Å². The van der Waals surface area contributed by atoms with Crippen molar-refractivity contribution < 1.29 is 0 Å².